The van der Waals surface area contributed by atoms with Gasteiger partial charge in [-0.15, -0.1) is 0 Å². The minimum absolute atomic E-state index is 0.124. The highest BCUT2D eigenvalue weighted by Crippen LogP contribution is 2.28. The number of nitriles is 1. The van der Waals surface area contributed by atoms with Crippen molar-refractivity contribution in [1.82, 2.24) is 0 Å². The minimum atomic E-state index is -0.458. The first-order chi connectivity index (χ1) is 11.6. The topological polar surface area (TPSA) is 73.2 Å². The second kappa shape index (κ2) is 6.73. The zero-order chi connectivity index (χ0) is 17.1. The van der Waals surface area contributed by atoms with Gasteiger partial charge in [0.05, 0.1) is 17.2 Å². The maximum absolute atomic E-state index is 12.4. The summed E-state index contributed by atoms with van der Waals surface area (Å²) in [7, 11) is 0. The van der Waals surface area contributed by atoms with Gasteiger partial charge in [0.25, 0.3) is 0 Å². The third-order valence-corrected chi connectivity index (χ3v) is 4.17. The highest BCUT2D eigenvalue weighted by Gasteiger charge is 2.36. The van der Waals surface area contributed by atoms with Crippen molar-refractivity contribution in [3.8, 4) is 6.07 Å². The molecule has 0 saturated carbocycles. The van der Waals surface area contributed by atoms with Gasteiger partial charge < -0.3 is 10.2 Å². The molecule has 1 unspecified atom stereocenters. The zero-order valence-electron chi connectivity index (χ0n) is 12.7. The summed E-state index contributed by atoms with van der Waals surface area (Å²) in [5.74, 6) is -0.837. The number of nitrogens with one attached hydrogen (secondary N) is 1. The molecule has 2 aromatic carbocycles. The van der Waals surface area contributed by atoms with Crippen LogP contribution >= 0.6 is 11.6 Å². The maximum atomic E-state index is 12.4. The molecule has 1 N–H and O–H groups in total. The molecule has 1 saturated heterocycles. The first-order valence-corrected chi connectivity index (χ1v) is 7.82. The van der Waals surface area contributed by atoms with Gasteiger partial charge in [0.15, 0.2) is 0 Å². The van der Waals surface area contributed by atoms with Crippen LogP contribution < -0.4 is 10.2 Å². The predicted octanol–water partition coefficient (Wildman–Crippen LogP) is 3.20. The Morgan fingerprint density at radius 1 is 1.21 bits per heavy atom. The molecule has 1 atom stereocenters. The lowest BCUT2D eigenvalue weighted by atomic mass is 10.1. The highest BCUT2D eigenvalue weighted by atomic mass is 35.5. The molecule has 2 aromatic rings. The summed E-state index contributed by atoms with van der Waals surface area (Å²) in [4.78, 5) is 26.2. The highest BCUT2D eigenvalue weighted by molar-refractivity contribution is 6.30. The lowest BCUT2D eigenvalue weighted by Crippen LogP contribution is -2.28. The van der Waals surface area contributed by atoms with Crippen LogP contribution in [0, 0.1) is 17.2 Å². The third-order valence-electron chi connectivity index (χ3n) is 3.92. The van der Waals surface area contributed by atoms with Gasteiger partial charge in [-0.05, 0) is 36.4 Å². The SMILES string of the molecule is N#Cc1ccccc1N1CC(C(=O)Nc2ccc(Cl)cc2)CC1=O. The van der Waals surface area contributed by atoms with E-state index in [0.717, 1.165) is 0 Å². The standard InChI is InChI=1S/C18H14ClN3O2/c19-14-5-7-15(8-6-14)21-18(24)13-9-17(23)22(11-13)16-4-2-1-3-12(16)10-20/h1-8,13H,9,11H2,(H,21,24). The normalized spacial score (nSPS) is 16.8. The number of carbonyl (C=O) groups is 2. The Hall–Kier alpha value is -2.84. The number of nitrogens with zero attached hydrogens (tertiary/aromatic N) is 2. The fourth-order valence-corrected chi connectivity index (χ4v) is 2.82. The van der Waals surface area contributed by atoms with E-state index >= 15 is 0 Å². The second-order valence-electron chi connectivity index (χ2n) is 5.53. The number of benzene rings is 2. The van der Waals surface area contributed by atoms with E-state index in [2.05, 4.69) is 11.4 Å². The van der Waals surface area contributed by atoms with Gasteiger partial charge >= 0.3 is 0 Å². The van der Waals surface area contributed by atoms with Gasteiger partial charge in [-0.3, -0.25) is 9.59 Å². The van der Waals surface area contributed by atoms with E-state index in [-0.39, 0.29) is 24.8 Å². The number of rotatable bonds is 3. The molecule has 2 amide bonds. The van der Waals surface area contributed by atoms with Gasteiger partial charge in [-0.25, -0.2) is 0 Å². The van der Waals surface area contributed by atoms with Crippen molar-refractivity contribution >= 4 is 34.8 Å². The number of halogens is 1. The molecule has 1 aliphatic heterocycles. The monoisotopic (exact) mass is 339 g/mol. The van der Waals surface area contributed by atoms with E-state index in [1.165, 1.54) is 4.90 Å². The third kappa shape index (κ3) is 3.24. The van der Waals surface area contributed by atoms with E-state index in [0.29, 0.717) is 22.0 Å². The summed E-state index contributed by atoms with van der Waals surface area (Å²) < 4.78 is 0. The van der Waals surface area contributed by atoms with Crippen LogP contribution in [0.5, 0.6) is 0 Å². The average Bonchev–Trinajstić information content (AvgIpc) is 2.98. The summed E-state index contributed by atoms with van der Waals surface area (Å²) >= 11 is 5.82. The van der Waals surface area contributed by atoms with Crippen molar-refractivity contribution in [1.29, 1.82) is 5.26 Å². The van der Waals surface area contributed by atoms with E-state index in [1.807, 2.05) is 0 Å². The lowest BCUT2D eigenvalue weighted by molar-refractivity contribution is -0.122. The zero-order valence-corrected chi connectivity index (χ0v) is 13.5. The summed E-state index contributed by atoms with van der Waals surface area (Å²) in [5.41, 5.74) is 1.60. The maximum Gasteiger partial charge on any atom is 0.229 e. The largest absolute Gasteiger partial charge is 0.326 e. The molecule has 0 radical (unpaired) electrons. The average molecular weight is 340 g/mol. The Balaban J connectivity index is 1.73. The summed E-state index contributed by atoms with van der Waals surface area (Å²) in [6, 6.07) is 15.8. The Morgan fingerprint density at radius 2 is 1.92 bits per heavy atom. The van der Waals surface area contributed by atoms with Crippen LogP contribution in [-0.2, 0) is 9.59 Å². The van der Waals surface area contributed by atoms with Crippen LogP contribution in [0.2, 0.25) is 5.02 Å². The predicted molar refractivity (Wildman–Crippen MR) is 91.7 cm³/mol. The Morgan fingerprint density at radius 3 is 2.62 bits per heavy atom. The van der Waals surface area contributed by atoms with Crippen LogP contribution in [0.25, 0.3) is 0 Å². The fraction of sp³-hybridized carbons (Fsp3) is 0.167. The molecule has 24 heavy (non-hydrogen) atoms. The summed E-state index contributed by atoms with van der Waals surface area (Å²) in [6.07, 6.45) is 0.124. The Bertz CT molecular complexity index is 827. The summed E-state index contributed by atoms with van der Waals surface area (Å²) in [5, 5.41) is 12.6. The smallest absolute Gasteiger partial charge is 0.229 e. The van der Waals surface area contributed by atoms with Crippen molar-refractivity contribution < 1.29 is 9.59 Å². The number of para-hydroxylation sites is 1. The molecule has 0 spiro atoms. The van der Waals surface area contributed by atoms with Crippen molar-refractivity contribution in [3.05, 3.63) is 59.1 Å². The molecular weight excluding hydrogens is 326 g/mol. The van der Waals surface area contributed by atoms with E-state index in [9.17, 15) is 14.9 Å². The van der Waals surface area contributed by atoms with Gasteiger partial charge in [0.2, 0.25) is 11.8 Å². The van der Waals surface area contributed by atoms with Crippen LogP contribution in [0.3, 0.4) is 0 Å². The quantitative estimate of drug-likeness (QED) is 0.933. The molecule has 6 heteroatoms. The van der Waals surface area contributed by atoms with Crippen LogP contribution in [0.4, 0.5) is 11.4 Å². The van der Waals surface area contributed by atoms with Crippen molar-refractivity contribution in [3.63, 3.8) is 0 Å². The van der Waals surface area contributed by atoms with Gasteiger partial charge in [-0.1, -0.05) is 23.7 Å². The van der Waals surface area contributed by atoms with E-state index in [4.69, 9.17) is 11.6 Å². The van der Waals surface area contributed by atoms with E-state index < -0.39 is 5.92 Å². The van der Waals surface area contributed by atoms with Crippen molar-refractivity contribution in [2.75, 3.05) is 16.8 Å². The Kier molecular flexibility index (Phi) is 4.50. The number of hydrogen-bond acceptors (Lipinski definition) is 3. The molecule has 0 bridgehead atoms. The first kappa shape index (κ1) is 16.0. The molecule has 1 fully saturated rings. The number of carbonyl (C=O) groups excluding carboxylic acids is 2. The van der Waals surface area contributed by atoms with E-state index in [1.54, 1.807) is 48.5 Å². The lowest BCUT2D eigenvalue weighted by Gasteiger charge is -2.18. The molecule has 5 nitrogen and oxygen atoms in total. The van der Waals surface area contributed by atoms with Crippen molar-refractivity contribution in [2.24, 2.45) is 5.92 Å². The van der Waals surface area contributed by atoms with Gasteiger partial charge in [0, 0.05) is 23.7 Å². The van der Waals surface area contributed by atoms with Crippen LogP contribution in [-0.4, -0.2) is 18.4 Å². The van der Waals surface area contributed by atoms with Crippen LogP contribution in [0.1, 0.15) is 12.0 Å². The minimum Gasteiger partial charge on any atom is -0.326 e. The van der Waals surface area contributed by atoms with Gasteiger partial charge in [0.1, 0.15) is 6.07 Å². The van der Waals surface area contributed by atoms with Crippen LogP contribution in [0.15, 0.2) is 48.5 Å². The first-order valence-electron chi connectivity index (χ1n) is 7.44. The van der Waals surface area contributed by atoms with Gasteiger partial charge in [-0.2, -0.15) is 5.26 Å². The molecule has 120 valence electrons. The molecular formula is C18H14ClN3O2. The molecule has 0 aliphatic carbocycles. The molecule has 3 rings (SSSR count). The number of anilines is 2. The molecule has 1 heterocycles. The number of hydrogen-bond donors (Lipinski definition) is 1. The summed E-state index contributed by atoms with van der Waals surface area (Å²) in [6.45, 7) is 0.261. The molecule has 0 aromatic heterocycles. The Labute approximate surface area is 144 Å². The second-order valence-corrected chi connectivity index (χ2v) is 5.97. The fourth-order valence-electron chi connectivity index (χ4n) is 2.70. The molecule has 1 aliphatic rings. The number of amides is 2. The van der Waals surface area contributed by atoms with Crippen molar-refractivity contribution in [2.45, 2.75) is 6.42 Å².